The van der Waals surface area contributed by atoms with E-state index in [9.17, 15) is 4.39 Å². The number of hydrogen-bond donors (Lipinski definition) is 1. The quantitative estimate of drug-likeness (QED) is 0.898. The largest absolute Gasteiger partial charge is 0.452 e. The zero-order valence-corrected chi connectivity index (χ0v) is 10.4. The van der Waals surface area contributed by atoms with Gasteiger partial charge in [-0.2, -0.15) is 0 Å². The number of rotatable bonds is 4. The van der Waals surface area contributed by atoms with Crippen LogP contribution in [0.2, 0.25) is 0 Å². The molecule has 0 aliphatic rings. The van der Waals surface area contributed by atoms with E-state index in [-0.39, 0.29) is 17.6 Å². The minimum atomic E-state index is -0.376. The molecule has 1 aromatic heterocycles. The highest BCUT2D eigenvalue weighted by Crippen LogP contribution is 2.31. The Bertz CT molecular complexity index is 516. The summed E-state index contributed by atoms with van der Waals surface area (Å²) >= 11 is 0. The van der Waals surface area contributed by atoms with Gasteiger partial charge in [0.1, 0.15) is 5.75 Å². The van der Waals surface area contributed by atoms with Crippen molar-refractivity contribution < 1.29 is 9.13 Å². The third-order valence-corrected chi connectivity index (χ3v) is 2.75. The zero-order valence-electron chi connectivity index (χ0n) is 10.4. The third-order valence-electron chi connectivity index (χ3n) is 2.75. The topological polar surface area (TPSA) is 34.1 Å². The predicted octanol–water partition coefficient (Wildman–Crippen LogP) is 3.29. The van der Waals surface area contributed by atoms with Crippen LogP contribution >= 0.6 is 0 Å². The van der Waals surface area contributed by atoms with Gasteiger partial charge in [-0.25, -0.2) is 4.39 Å². The van der Waals surface area contributed by atoms with Crippen LogP contribution in [0.4, 0.5) is 4.39 Å². The van der Waals surface area contributed by atoms with E-state index in [0.717, 1.165) is 5.56 Å². The molecule has 1 N–H and O–H groups in total. The van der Waals surface area contributed by atoms with Crippen molar-refractivity contribution in [2.45, 2.75) is 13.0 Å². The standard InChI is InChI=1S/C14H15FN2O/c1-10(16-2)12-6-3-7-13(15)14(12)18-11-5-4-8-17-9-11/h3-10,16H,1-2H3. The molecule has 0 radical (unpaired) electrons. The fourth-order valence-electron chi connectivity index (χ4n) is 1.65. The Labute approximate surface area is 106 Å². The molecule has 0 bridgehead atoms. The van der Waals surface area contributed by atoms with Crippen molar-refractivity contribution in [3.05, 3.63) is 54.1 Å². The first-order valence-corrected chi connectivity index (χ1v) is 5.76. The van der Waals surface area contributed by atoms with Crippen LogP contribution in [0.5, 0.6) is 11.5 Å². The fourth-order valence-corrected chi connectivity index (χ4v) is 1.65. The van der Waals surface area contributed by atoms with E-state index in [0.29, 0.717) is 5.75 Å². The van der Waals surface area contributed by atoms with Crippen LogP contribution in [0.15, 0.2) is 42.7 Å². The SMILES string of the molecule is CNC(C)c1cccc(F)c1Oc1cccnc1. The highest BCUT2D eigenvalue weighted by Gasteiger charge is 2.15. The number of para-hydroxylation sites is 1. The molecule has 0 fully saturated rings. The van der Waals surface area contributed by atoms with Crippen LogP contribution in [0, 0.1) is 5.82 Å². The molecule has 2 rings (SSSR count). The van der Waals surface area contributed by atoms with Gasteiger partial charge in [0.15, 0.2) is 11.6 Å². The van der Waals surface area contributed by atoms with Gasteiger partial charge in [-0.1, -0.05) is 12.1 Å². The Kier molecular flexibility index (Phi) is 3.89. The smallest absolute Gasteiger partial charge is 0.167 e. The number of benzene rings is 1. The molecule has 0 saturated carbocycles. The van der Waals surface area contributed by atoms with E-state index < -0.39 is 0 Å². The van der Waals surface area contributed by atoms with Crippen LogP contribution in [-0.4, -0.2) is 12.0 Å². The van der Waals surface area contributed by atoms with Crippen molar-refractivity contribution >= 4 is 0 Å². The summed E-state index contributed by atoms with van der Waals surface area (Å²) in [7, 11) is 1.82. The maximum absolute atomic E-state index is 13.9. The number of nitrogens with one attached hydrogen (secondary N) is 1. The van der Waals surface area contributed by atoms with Crippen molar-refractivity contribution in [3.63, 3.8) is 0 Å². The molecule has 0 aliphatic heterocycles. The number of halogens is 1. The molecular formula is C14H15FN2O. The van der Waals surface area contributed by atoms with E-state index in [2.05, 4.69) is 10.3 Å². The summed E-state index contributed by atoms with van der Waals surface area (Å²) < 4.78 is 19.4. The highest BCUT2D eigenvalue weighted by atomic mass is 19.1. The van der Waals surface area contributed by atoms with E-state index >= 15 is 0 Å². The fraction of sp³-hybridized carbons (Fsp3) is 0.214. The predicted molar refractivity (Wildman–Crippen MR) is 68.2 cm³/mol. The number of ether oxygens (including phenoxy) is 1. The summed E-state index contributed by atoms with van der Waals surface area (Å²) in [6.45, 7) is 1.95. The molecule has 1 aromatic carbocycles. The van der Waals surface area contributed by atoms with E-state index in [1.54, 1.807) is 30.6 Å². The molecule has 1 atom stereocenters. The lowest BCUT2D eigenvalue weighted by Gasteiger charge is -2.16. The van der Waals surface area contributed by atoms with Gasteiger partial charge in [-0.3, -0.25) is 4.98 Å². The highest BCUT2D eigenvalue weighted by molar-refractivity contribution is 5.40. The third kappa shape index (κ3) is 2.65. The first-order chi connectivity index (χ1) is 8.72. The molecule has 0 aliphatic carbocycles. The van der Waals surface area contributed by atoms with Crippen molar-refractivity contribution in [2.75, 3.05) is 7.05 Å². The normalized spacial score (nSPS) is 12.2. The molecule has 4 heteroatoms. The second kappa shape index (κ2) is 5.60. The van der Waals surface area contributed by atoms with Crippen molar-refractivity contribution in [2.24, 2.45) is 0 Å². The Morgan fingerprint density at radius 3 is 2.78 bits per heavy atom. The maximum Gasteiger partial charge on any atom is 0.167 e. The second-order valence-electron chi connectivity index (χ2n) is 3.96. The van der Waals surface area contributed by atoms with Crippen LogP contribution < -0.4 is 10.1 Å². The molecule has 1 heterocycles. The molecule has 1 unspecified atom stereocenters. The van der Waals surface area contributed by atoms with Gasteiger partial charge in [0.05, 0.1) is 6.20 Å². The average Bonchev–Trinajstić information content (AvgIpc) is 2.41. The Balaban J connectivity index is 2.37. The minimum Gasteiger partial charge on any atom is -0.452 e. The van der Waals surface area contributed by atoms with Gasteiger partial charge in [0.2, 0.25) is 0 Å². The van der Waals surface area contributed by atoms with Gasteiger partial charge in [-0.15, -0.1) is 0 Å². The molecule has 0 amide bonds. The Morgan fingerprint density at radius 2 is 2.11 bits per heavy atom. The summed E-state index contributed by atoms with van der Waals surface area (Å²) in [6.07, 6.45) is 3.20. The molecule has 18 heavy (non-hydrogen) atoms. The monoisotopic (exact) mass is 246 g/mol. The summed E-state index contributed by atoms with van der Waals surface area (Å²) in [5.41, 5.74) is 0.779. The summed E-state index contributed by atoms with van der Waals surface area (Å²) in [5, 5.41) is 3.07. The number of aromatic nitrogens is 1. The summed E-state index contributed by atoms with van der Waals surface area (Å²) in [5.74, 6) is 0.387. The maximum atomic E-state index is 13.9. The Morgan fingerprint density at radius 1 is 1.28 bits per heavy atom. The van der Waals surface area contributed by atoms with Crippen molar-refractivity contribution in [1.29, 1.82) is 0 Å². The van der Waals surface area contributed by atoms with Gasteiger partial charge >= 0.3 is 0 Å². The van der Waals surface area contributed by atoms with Crippen LogP contribution in [0.1, 0.15) is 18.5 Å². The average molecular weight is 246 g/mol. The Hall–Kier alpha value is -1.94. The summed E-state index contributed by atoms with van der Waals surface area (Å²) in [6, 6.07) is 8.40. The molecule has 94 valence electrons. The van der Waals surface area contributed by atoms with Crippen molar-refractivity contribution in [1.82, 2.24) is 10.3 Å². The van der Waals surface area contributed by atoms with E-state index in [4.69, 9.17) is 4.74 Å². The second-order valence-corrected chi connectivity index (χ2v) is 3.96. The van der Waals surface area contributed by atoms with Gasteiger partial charge in [-0.05, 0) is 32.2 Å². The lowest BCUT2D eigenvalue weighted by molar-refractivity contribution is 0.427. The van der Waals surface area contributed by atoms with Gasteiger partial charge in [0, 0.05) is 17.8 Å². The molecule has 0 spiro atoms. The molecule has 2 aromatic rings. The van der Waals surface area contributed by atoms with Crippen LogP contribution in [0.3, 0.4) is 0 Å². The zero-order chi connectivity index (χ0) is 13.0. The number of nitrogens with zero attached hydrogens (tertiary/aromatic N) is 1. The summed E-state index contributed by atoms with van der Waals surface area (Å²) in [4.78, 5) is 3.94. The van der Waals surface area contributed by atoms with Gasteiger partial charge < -0.3 is 10.1 Å². The number of pyridine rings is 1. The lowest BCUT2D eigenvalue weighted by atomic mass is 10.1. The minimum absolute atomic E-state index is 0.00683. The first-order valence-electron chi connectivity index (χ1n) is 5.76. The van der Waals surface area contributed by atoms with Crippen LogP contribution in [0.25, 0.3) is 0 Å². The van der Waals surface area contributed by atoms with Crippen molar-refractivity contribution in [3.8, 4) is 11.5 Å². The van der Waals surface area contributed by atoms with E-state index in [1.807, 2.05) is 20.0 Å². The van der Waals surface area contributed by atoms with Gasteiger partial charge in [0.25, 0.3) is 0 Å². The van der Waals surface area contributed by atoms with Crippen LogP contribution in [-0.2, 0) is 0 Å². The number of hydrogen-bond acceptors (Lipinski definition) is 3. The van der Waals surface area contributed by atoms with E-state index in [1.165, 1.54) is 6.07 Å². The molecular weight excluding hydrogens is 231 g/mol. The first kappa shape index (κ1) is 12.5. The lowest BCUT2D eigenvalue weighted by Crippen LogP contribution is -2.13. The molecule has 0 saturated heterocycles. The molecule has 3 nitrogen and oxygen atoms in total.